The van der Waals surface area contributed by atoms with E-state index in [-0.39, 0.29) is 11.8 Å². The van der Waals surface area contributed by atoms with Crippen LogP contribution in [0.3, 0.4) is 0 Å². The van der Waals surface area contributed by atoms with Crippen LogP contribution in [0.2, 0.25) is 0 Å². The first kappa shape index (κ1) is 20.9. The monoisotopic (exact) mass is 364 g/mol. The Bertz CT molecular complexity index is 754. The van der Waals surface area contributed by atoms with Gasteiger partial charge in [0, 0.05) is 18.5 Å². The first-order valence-corrected chi connectivity index (χ1v) is 10.0. The lowest BCUT2D eigenvalue weighted by atomic mass is 9.79. The Hall–Kier alpha value is -2.42. The van der Waals surface area contributed by atoms with Crippen LogP contribution in [0.25, 0.3) is 0 Å². The Labute approximate surface area is 164 Å². The van der Waals surface area contributed by atoms with Gasteiger partial charge in [-0.1, -0.05) is 68.8 Å². The highest BCUT2D eigenvalue weighted by Crippen LogP contribution is 2.39. The van der Waals surface area contributed by atoms with Crippen molar-refractivity contribution in [3.8, 4) is 0 Å². The molecule has 0 saturated heterocycles. The second-order valence-corrected chi connectivity index (χ2v) is 6.98. The lowest BCUT2D eigenvalue weighted by Crippen LogP contribution is -2.25. The molecule has 0 aromatic heterocycles. The van der Waals surface area contributed by atoms with E-state index in [1.807, 2.05) is 6.92 Å². The average Bonchev–Trinajstić information content (AvgIpc) is 2.67. The molecule has 1 aliphatic rings. The number of nitrogens with one attached hydrogen (secondary N) is 1. The van der Waals surface area contributed by atoms with Crippen molar-refractivity contribution in [2.75, 3.05) is 0 Å². The molecule has 144 valence electrons. The lowest BCUT2D eigenvalue weighted by molar-refractivity contribution is -0.117. The Balaban J connectivity index is 2.59. The van der Waals surface area contributed by atoms with Crippen molar-refractivity contribution < 1.29 is 4.79 Å². The van der Waals surface area contributed by atoms with Crippen LogP contribution >= 0.6 is 0 Å². The molecule has 1 atom stereocenters. The maximum absolute atomic E-state index is 11.4. The van der Waals surface area contributed by atoms with Crippen LogP contribution in [0.5, 0.6) is 0 Å². The molecule has 0 saturated carbocycles. The second-order valence-electron chi connectivity index (χ2n) is 6.98. The zero-order valence-corrected chi connectivity index (χ0v) is 17.1. The summed E-state index contributed by atoms with van der Waals surface area (Å²) in [6.07, 6.45) is 12.0. The predicted molar refractivity (Wildman–Crippen MR) is 115 cm³/mol. The minimum absolute atomic E-state index is 0.0822. The molecule has 0 bridgehead atoms. The highest BCUT2D eigenvalue weighted by Gasteiger charge is 2.23. The summed E-state index contributed by atoms with van der Waals surface area (Å²) in [6.45, 7) is 7.73. The highest BCUT2D eigenvalue weighted by atomic mass is 16.1. The molecular formula is C24H32N2O. The number of carbonyl (C=O) groups excluding carboxylic acids is 1. The zero-order chi connectivity index (χ0) is 19.6. The minimum atomic E-state index is -0.0822. The molecule has 0 fully saturated rings. The molecule has 0 heterocycles. The van der Waals surface area contributed by atoms with E-state index in [0.717, 1.165) is 37.8 Å². The number of nitrogens with zero attached hydrogens (tertiary/aromatic N) is 1. The summed E-state index contributed by atoms with van der Waals surface area (Å²) < 4.78 is 0. The molecule has 27 heavy (non-hydrogen) atoms. The average molecular weight is 365 g/mol. The topological polar surface area (TPSA) is 41.5 Å². The van der Waals surface area contributed by atoms with Crippen molar-refractivity contribution in [2.45, 2.75) is 65.7 Å². The molecule has 0 aliphatic heterocycles. The molecule has 1 aliphatic carbocycles. The van der Waals surface area contributed by atoms with Gasteiger partial charge >= 0.3 is 0 Å². The molecule has 1 amide bonds. The SMILES string of the molecule is CCC/C(=C(\CC)N=C(C)NC(C)=O)C(C1=CCCC=C1)c1ccccc1. The Kier molecular flexibility index (Phi) is 8.25. The number of rotatable bonds is 7. The Morgan fingerprint density at radius 2 is 1.89 bits per heavy atom. The van der Waals surface area contributed by atoms with Gasteiger partial charge in [-0.05, 0) is 49.3 Å². The van der Waals surface area contributed by atoms with E-state index in [1.165, 1.54) is 23.6 Å². The fraction of sp³-hybridized carbons (Fsp3) is 0.417. The van der Waals surface area contributed by atoms with E-state index in [1.54, 1.807) is 0 Å². The van der Waals surface area contributed by atoms with Gasteiger partial charge in [-0.2, -0.15) is 0 Å². The summed E-state index contributed by atoms with van der Waals surface area (Å²) in [4.78, 5) is 16.2. The molecular weight excluding hydrogens is 332 g/mol. The van der Waals surface area contributed by atoms with Crippen molar-refractivity contribution in [1.82, 2.24) is 5.32 Å². The number of aliphatic imine (C=N–C) groups is 1. The molecule has 1 aromatic carbocycles. The first-order chi connectivity index (χ1) is 13.1. The molecule has 1 unspecified atom stereocenters. The van der Waals surface area contributed by atoms with Gasteiger partial charge in [0.05, 0.1) is 0 Å². The third-order valence-corrected chi connectivity index (χ3v) is 4.72. The highest BCUT2D eigenvalue weighted by molar-refractivity contribution is 5.96. The number of allylic oxidation sites excluding steroid dienone is 6. The minimum Gasteiger partial charge on any atom is -0.315 e. The van der Waals surface area contributed by atoms with Crippen LogP contribution < -0.4 is 5.32 Å². The number of carbonyl (C=O) groups is 1. The molecule has 0 radical (unpaired) electrons. The fourth-order valence-corrected chi connectivity index (χ4v) is 3.68. The van der Waals surface area contributed by atoms with Crippen molar-refractivity contribution in [3.63, 3.8) is 0 Å². The third-order valence-electron chi connectivity index (χ3n) is 4.72. The van der Waals surface area contributed by atoms with Gasteiger partial charge < -0.3 is 5.32 Å². The van der Waals surface area contributed by atoms with Crippen molar-refractivity contribution >= 4 is 11.7 Å². The molecule has 3 nitrogen and oxygen atoms in total. The fourth-order valence-electron chi connectivity index (χ4n) is 3.68. The molecule has 2 rings (SSSR count). The summed E-state index contributed by atoms with van der Waals surface area (Å²) in [5, 5.41) is 2.81. The van der Waals surface area contributed by atoms with Crippen molar-refractivity contribution in [2.24, 2.45) is 4.99 Å². The summed E-state index contributed by atoms with van der Waals surface area (Å²) in [6, 6.07) is 10.7. The van der Waals surface area contributed by atoms with Crippen LogP contribution in [-0.4, -0.2) is 11.7 Å². The lowest BCUT2D eigenvalue weighted by Gasteiger charge is -2.26. The van der Waals surface area contributed by atoms with E-state index in [0.29, 0.717) is 5.84 Å². The third kappa shape index (κ3) is 6.06. The van der Waals surface area contributed by atoms with Crippen LogP contribution in [-0.2, 0) is 4.79 Å². The Morgan fingerprint density at radius 3 is 2.44 bits per heavy atom. The predicted octanol–water partition coefficient (Wildman–Crippen LogP) is 6.07. The quantitative estimate of drug-likeness (QED) is 0.463. The summed E-state index contributed by atoms with van der Waals surface area (Å²) >= 11 is 0. The molecule has 3 heteroatoms. The summed E-state index contributed by atoms with van der Waals surface area (Å²) in [7, 11) is 0. The second kappa shape index (κ2) is 10.7. The number of hydrogen-bond donors (Lipinski definition) is 1. The molecule has 1 aromatic rings. The smallest absolute Gasteiger partial charge is 0.222 e. The Morgan fingerprint density at radius 1 is 1.15 bits per heavy atom. The van der Waals surface area contributed by atoms with E-state index in [4.69, 9.17) is 4.99 Å². The van der Waals surface area contributed by atoms with Crippen LogP contribution in [0, 0.1) is 0 Å². The van der Waals surface area contributed by atoms with Gasteiger partial charge in [0.1, 0.15) is 5.84 Å². The number of hydrogen-bond acceptors (Lipinski definition) is 2. The number of benzene rings is 1. The van der Waals surface area contributed by atoms with Gasteiger partial charge in [0.15, 0.2) is 0 Å². The van der Waals surface area contributed by atoms with E-state index in [9.17, 15) is 4.79 Å². The van der Waals surface area contributed by atoms with Gasteiger partial charge in [-0.25, -0.2) is 4.99 Å². The number of amidine groups is 1. The van der Waals surface area contributed by atoms with Crippen LogP contribution in [0.1, 0.15) is 71.3 Å². The van der Waals surface area contributed by atoms with Crippen molar-refractivity contribution in [3.05, 3.63) is 71.0 Å². The van der Waals surface area contributed by atoms with E-state index >= 15 is 0 Å². The normalized spacial score (nSPS) is 16.4. The van der Waals surface area contributed by atoms with Gasteiger partial charge in [-0.3, -0.25) is 4.79 Å². The largest absolute Gasteiger partial charge is 0.315 e. The zero-order valence-electron chi connectivity index (χ0n) is 17.1. The summed E-state index contributed by atoms with van der Waals surface area (Å²) in [5.74, 6) is 0.792. The van der Waals surface area contributed by atoms with Gasteiger partial charge in [0.25, 0.3) is 0 Å². The maximum Gasteiger partial charge on any atom is 0.222 e. The van der Waals surface area contributed by atoms with Gasteiger partial charge in [-0.15, -0.1) is 0 Å². The van der Waals surface area contributed by atoms with Gasteiger partial charge in [0.2, 0.25) is 5.91 Å². The molecule has 0 spiro atoms. The van der Waals surface area contributed by atoms with E-state index in [2.05, 4.69) is 67.7 Å². The van der Waals surface area contributed by atoms with E-state index < -0.39 is 0 Å². The van der Waals surface area contributed by atoms with Crippen molar-refractivity contribution in [1.29, 1.82) is 0 Å². The summed E-state index contributed by atoms with van der Waals surface area (Å²) in [5.41, 5.74) is 5.09. The maximum atomic E-state index is 11.4. The number of amides is 1. The first-order valence-electron chi connectivity index (χ1n) is 10.0. The molecule has 1 N–H and O–H groups in total. The van der Waals surface area contributed by atoms with Crippen LogP contribution in [0.4, 0.5) is 0 Å². The standard InChI is InChI=1S/C24H32N2O/c1-5-13-22(23(6-2)26-18(3)25-19(4)27)24(20-14-9-7-10-15-20)21-16-11-8-12-17-21/h7,9-11,14-17,24H,5-6,8,12-13H2,1-4H3,(H,25,26,27)/b23-22-. The van der Waals surface area contributed by atoms with Crippen LogP contribution in [0.15, 0.2) is 70.4 Å².